The van der Waals surface area contributed by atoms with Gasteiger partial charge in [-0.15, -0.1) is 0 Å². The fourth-order valence-corrected chi connectivity index (χ4v) is 1.61. The molecule has 0 saturated carbocycles. The highest BCUT2D eigenvalue weighted by molar-refractivity contribution is 5.96. The van der Waals surface area contributed by atoms with Crippen molar-refractivity contribution in [3.05, 3.63) is 47.7 Å². The van der Waals surface area contributed by atoms with Gasteiger partial charge in [-0.25, -0.2) is 9.78 Å². The van der Waals surface area contributed by atoms with Gasteiger partial charge < -0.3 is 15.2 Å². The van der Waals surface area contributed by atoms with Gasteiger partial charge in [-0.1, -0.05) is 12.1 Å². The van der Waals surface area contributed by atoms with Crippen molar-refractivity contribution in [3.63, 3.8) is 0 Å². The maximum Gasteiger partial charge on any atom is 0.340 e. The van der Waals surface area contributed by atoms with Gasteiger partial charge >= 0.3 is 5.97 Å². The Morgan fingerprint density at radius 3 is 2.79 bits per heavy atom. The molecule has 0 aliphatic carbocycles. The van der Waals surface area contributed by atoms with Crippen molar-refractivity contribution in [2.45, 2.75) is 6.92 Å². The smallest absolute Gasteiger partial charge is 0.340 e. The van der Waals surface area contributed by atoms with Crippen LogP contribution in [0.4, 0.5) is 5.69 Å². The zero-order valence-electron chi connectivity index (χ0n) is 10.7. The summed E-state index contributed by atoms with van der Waals surface area (Å²) in [5, 5.41) is 0. The maximum absolute atomic E-state index is 11.5. The second-order valence-corrected chi connectivity index (χ2v) is 3.99. The molecule has 0 aliphatic rings. The third kappa shape index (κ3) is 2.82. The Morgan fingerprint density at radius 1 is 1.32 bits per heavy atom. The minimum absolute atomic E-state index is 0.163. The molecule has 0 bridgehead atoms. The molecule has 5 heteroatoms. The van der Waals surface area contributed by atoms with E-state index in [0.717, 1.165) is 5.56 Å². The van der Waals surface area contributed by atoms with Crippen LogP contribution in [0.15, 0.2) is 36.5 Å². The first-order valence-corrected chi connectivity index (χ1v) is 5.69. The van der Waals surface area contributed by atoms with Gasteiger partial charge in [0.05, 0.1) is 12.7 Å². The molecule has 0 radical (unpaired) electrons. The van der Waals surface area contributed by atoms with Crippen LogP contribution in [0.25, 0.3) is 0 Å². The number of hydrogen-bond acceptors (Lipinski definition) is 5. The number of aromatic nitrogens is 1. The van der Waals surface area contributed by atoms with E-state index in [1.807, 2.05) is 25.1 Å². The van der Waals surface area contributed by atoms with Crippen molar-refractivity contribution in [2.24, 2.45) is 0 Å². The summed E-state index contributed by atoms with van der Waals surface area (Å²) in [6.45, 7) is 1.95. The number of hydrogen-bond donors (Lipinski definition) is 1. The van der Waals surface area contributed by atoms with Crippen LogP contribution in [0.2, 0.25) is 0 Å². The number of ether oxygens (including phenoxy) is 2. The number of esters is 1. The molecule has 5 nitrogen and oxygen atoms in total. The van der Waals surface area contributed by atoms with Crippen LogP contribution < -0.4 is 10.5 Å². The monoisotopic (exact) mass is 258 g/mol. The first-order valence-electron chi connectivity index (χ1n) is 5.69. The third-order valence-corrected chi connectivity index (χ3v) is 2.56. The normalized spacial score (nSPS) is 10.0. The number of pyridine rings is 1. The minimum atomic E-state index is -0.519. The molecule has 0 unspecified atom stereocenters. The fourth-order valence-electron chi connectivity index (χ4n) is 1.61. The summed E-state index contributed by atoms with van der Waals surface area (Å²) in [4.78, 5) is 15.5. The van der Waals surface area contributed by atoms with Gasteiger partial charge in [0.25, 0.3) is 0 Å². The zero-order chi connectivity index (χ0) is 13.8. The number of benzene rings is 1. The van der Waals surface area contributed by atoms with E-state index in [9.17, 15) is 4.79 Å². The van der Waals surface area contributed by atoms with E-state index in [4.69, 9.17) is 10.5 Å². The largest absolute Gasteiger partial charge is 0.465 e. The third-order valence-electron chi connectivity index (χ3n) is 2.56. The lowest BCUT2D eigenvalue weighted by atomic mass is 10.2. The number of nitrogens with two attached hydrogens (primary N) is 1. The Balaban J connectivity index is 2.33. The number of nitrogen functional groups attached to an aromatic ring is 1. The van der Waals surface area contributed by atoms with Crippen LogP contribution in [0, 0.1) is 6.92 Å². The van der Waals surface area contributed by atoms with E-state index >= 15 is 0 Å². The number of anilines is 1. The quantitative estimate of drug-likeness (QED) is 0.856. The average molecular weight is 258 g/mol. The summed E-state index contributed by atoms with van der Waals surface area (Å²) < 4.78 is 10.2. The molecule has 19 heavy (non-hydrogen) atoms. The lowest BCUT2D eigenvalue weighted by molar-refractivity contribution is 0.0601. The molecule has 2 aromatic rings. The van der Waals surface area contributed by atoms with E-state index in [0.29, 0.717) is 5.75 Å². The topological polar surface area (TPSA) is 74.4 Å². The van der Waals surface area contributed by atoms with Crippen molar-refractivity contribution in [1.82, 2.24) is 4.98 Å². The van der Waals surface area contributed by atoms with Crippen LogP contribution in [-0.2, 0) is 4.74 Å². The molecular formula is C14H14N2O3. The molecule has 0 atom stereocenters. The second-order valence-electron chi connectivity index (χ2n) is 3.99. The summed E-state index contributed by atoms with van der Waals surface area (Å²) in [5.74, 6) is 0.281. The molecule has 0 amide bonds. The number of rotatable bonds is 3. The zero-order valence-corrected chi connectivity index (χ0v) is 10.7. The molecule has 2 N–H and O–H groups in total. The van der Waals surface area contributed by atoms with Gasteiger partial charge in [-0.3, -0.25) is 0 Å². The van der Waals surface area contributed by atoms with Crippen LogP contribution in [0.3, 0.4) is 0 Å². The predicted molar refractivity (Wildman–Crippen MR) is 71.2 cm³/mol. The number of carbonyl (C=O) groups is 1. The van der Waals surface area contributed by atoms with Crippen molar-refractivity contribution in [2.75, 3.05) is 12.8 Å². The molecule has 1 aromatic carbocycles. The Kier molecular flexibility index (Phi) is 3.66. The Labute approximate surface area is 111 Å². The van der Waals surface area contributed by atoms with Crippen molar-refractivity contribution < 1.29 is 14.3 Å². The van der Waals surface area contributed by atoms with E-state index in [2.05, 4.69) is 9.72 Å². The molecular weight excluding hydrogens is 244 g/mol. The summed E-state index contributed by atoms with van der Waals surface area (Å²) in [7, 11) is 1.29. The van der Waals surface area contributed by atoms with Gasteiger partial charge in [-0.2, -0.15) is 0 Å². The van der Waals surface area contributed by atoms with E-state index in [1.165, 1.54) is 19.4 Å². The van der Waals surface area contributed by atoms with Crippen molar-refractivity contribution >= 4 is 11.7 Å². The van der Waals surface area contributed by atoms with Gasteiger partial charge in [0.1, 0.15) is 11.4 Å². The summed E-state index contributed by atoms with van der Waals surface area (Å²) in [6, 6.07) is 8.95. The summed E-state index contributed by atoms with van der Waals surface area (Å²) >= 11 is 0. The number of aryl methyl sites for hydroxylation is 1. The minimum Gasteiger partial charge on any atom is -0.465 e. The highest BCUT2D eigenvalue weighted by atomic mass is 16.5. The van der Waals surface area contributed by atoms with E-state index < -0.39 is 5.97 Å². The lowest BCUT2D eigenvalue weighted by Gasteiger charge is -2.10. The van der Waals surface area contributed by atoms with Gasteiger partial charge in [0.2, 0.25) is 5.88 Å². The molecule has 0 aliphatic heterocycles. The molecule has 2 rings (SSSR count). The van der Waals surface area contributed by atoms with Crippen LogP contribution >= 0.6 is 0 Å². The van der Waals surface area contributed by atoms with E-state index in [1.54, 1.807) is 6.07 Å². The van der Waals surface area contributed by atoms with Gasteiger partial charge in [0.15, 0.2) is 0 Å². The highest BCUT2D eigenvalue weighted by Gasteiger charge is 2.15. The fraction of sp³-hybridized carbons (Fsp3) is 0.143. The van der Waals surface area contributed by atoms with Gasteiger partial charge in [0, 0.05) is 6.20 Å². The SMILES string of the molecule is COC(=O)c1ccnc(Oc2cccc(C)c2)c1N. The molecule has 1 aromatic heterocycles. The number of methoxy groups -OCH3 is 1. The van der Waals surface area contributed by atoms with Crippen molar-refractivity contribution in [3.8, 4) is 11.6 Å². The van der Waals surface area contributed by atoms with Crippen LogP contribution in [-0.4, -0.2) is 18.1 Å². The summed E-state index contributed by atoms with van der Waals surface area (Å²) in [5.41, 5.74) is 7.31. The second kappa shape index (κ2) is 5.39. The number of carbonyl (C=O) groups excluding carboxylic acids is 1. The molecule has 0 fully saturated rings. The lowest BCUT2D eigenvalue weighted by Crippen LogP contribution is -2.07. The Morgan fingerprint density at radius 2 is 2.11 bits per heavy atom. The van der Waals surface area contributed by atoms with Crippen LogP contribution in [0.5, 0.6) is 11.6 Å². The maximum atomic E-state index is 11.5. The summed E-state index contributed by atoms with van der Waals surface area (Å²) in [6.07, 6.45) is 1.45. The molecule has 98 valence electrons. The van der Waals surface area contributed by atoms with E-state index in [-0.39, 0.29) is 17.1 Å². The standard InChI is InChI=1S/C14H14N2O3/c1-9-4-3-5-10(8-9)19-13-12(15)11(6-7-16-13)14(17)18-2/h3-8H,15H2,1-2H3. The average Bonchev–Trinajstić information content (AvgIpc) is 2.40. The van der Waals surface area contributed by atoms with Crippen LogP contribution in [0.1, 0.15) is 15.9 Å². The first kappa shape index (κ1) is 12.9. The molecule has 1 heterocycles. The predicted octanol–water partition coefficient (Wildman–Crippen LogP) is 2.55. The van der Waals surface area contributed by atoms with Gasteiger partial charge in [-0.05, 0) is 30.7 Å². The number of nitrogens with zero attached hydrogens (tertiary/aromatic N) is 1. The van der Waals surface area contributed by atoms with Crippen molar-refractivity contribution in [1.29, 1.82) is 0 Å². The molecule has 0 saturated heterocycles. The Bertz CT molecular complexity index is 611. The molecule has 0 spiro atoms. The first-order chi connectivity index (χ1) is 9.11. The Hall–Kier alpha value is -2.56. The highest BCUT2D eigenvalue weighted by Crippen LogP contribution is 2.28.